The third-order valence-electron chi connectivity index (χ3n) is 2.83. The fourth-order valence-electron chi connectivity index (χ4n) is 1.79. The number of pyridine rings is 1. The van der Waals surface area contributed by atoms with Crippen molar-refractivity contribution in [3.05, 3.63) is 47.7 Å². The van der Waals surface area contributed by atoms with Gasteiger partial charge in [0.25, 0.3) is 0 Å². The van der Waals surface area contributed by atoms with Gasteiger partial charge < -0.3 is 19.3 Å². The van der Waals surface area contributed by atoms with Gasteiger partial charge in [0.2, 0.25) is 5.88 Å². The Morgan fingerprint density at radius 3 is 2.62 bits per heavy atom. The number of aromatic nitrogens is 1. The number of aromatic carboxylic acids is 1. The SMILES string of the molecule is COc1ccc(COc2ncccc2C(=O)O)cc1OC. The molecule has 0 aliphatic heterocycles. The van der Waals surface area contributed by atoms with E-state index >= 15 is 0 Å². The fraction of sp³-hybridized carbons (Fsp3) is 0.200. The summed E-state index contributed by atoms with van der Waals surface area (Å²) in [4.78, 5) is 15.0. The molecule has 0 amide bonds. The first-order valence-corrected chi connectivity index (χ1v) is 6.17. The molecule has 6 heteroatoms. The van der Waals surface area contributed by atoms with E-state index in [1.54, 1.807) is 32.4 Å². The topological polar surface area (TPSA) is 77.9 Å². The van der Waals surface area contributed by atoms with Gasteiger partial charge in [0.05, 0.1) is 14.2 Å². The van der Waals surface area contributed by atoms with E-state index in [-0.39, 0.29) is 18.1 Å². The van der Waals surface area contributed by atoms with Crippen molar-refractivity contribution in [1.29, 1.82) is 0 Å². The normalized spacial score (nSPS) is 10.0. The molecule has 110 valence electrons. The zero-order chi connectivity index (χ0) is 15.2. The first-order valence-electron chi connectivity index (χ1n) is 6.17. The summed E-state index contributed by atoms with van der Waals surface area (Å²) in [5.74, 6) is 0.202. The van der Waals surface area contributed by atoms with Crippen LogP contribution >= 0.6 is 0 Å². The highest BCUT2D eigenvalue weighted by Gasteiger charge is 2.12. The molecule has 0 saturated heterocycles. The minimum absolute atomic E-state index is 0.0259. The number of ether oxygens (including phenoxy) is 3. The monoisotopic (exact) mass is 289 g/mol. The number of hydrogen-bond donors (Lipinski definition) is 1. The Morgan fingerprint density at radius 1 is 1.19 bits per heavy atom. The molecule has 1 aromatic carbocycles. The summed E-state index contributed by atoms with van der Waals surface area (Å²) in [6, 6.07) is 8.33. The van der Waals surface area contributed by atoms with E-state index in [1.165, 1.54) is 12.3 Å². The van der Waals surface area contributed by atoms with Gasteiger partial charge in [0.1, 0.15) is 12.2 Å². The molecule has 0 atom stereocenters. The standard InChI is InChI=1S/C15H15NO5/c1-19-12-6-5-10(8-13(12)20-2)9-21-14-11(15(17)18)4-3-7-16-14/h3-8H,9H2,1-2H3,(H,17,18). The highest BCUT2D eigenvalue weighted by Crippen LogP contribution is 2.28. The van der Waals surface area contributed by atoms with Gasteiger partial charge in [0, 0.05) is 6.20 Å². The maximum absolute atomic E-state index is 11.1. The Morgan fingerprint density at radius 2 is 1.95 bits per heavy atom. The quantitative estimate of drug-likeness (QED) is 0.879. The van der Waals surface area contributed by atoms with E-state index in [0.29, 0.717) is 11.5 Å². The van der Waals surface area contributed by atoms with Crippen molar-refractivity contribution in [1.82, 2.24) is 4.98 Å². The highest BCUT2D eigenvalue weighted by atomic mass is 16.5. The first-order chi connectivity index (χ1) is 10.2. The zero-order valence-corrected chi connectivity index (χ0v) is 11.7. The van der Waals surface area contributed by atoms with Crippen molar-refractivity contribution in [2.45, 2.75) is 6.61 Å². The molecule has 0 spiro atoms. The number of nitrogens with zero attached hydrogens (tertiary/aromatic N) is 1. The average Bonchev–Trinajstić information content (AvgIpc) is 2.52. The first kappa shape index (κ1) is 14.6. The van der Waals surface area contributed by atoms with Gasteiger partial charge in [-0.05, 0) is 29.8 Å². The maximum Gasteiger partial charge on any atom is 0.341 e. The molecule has 0 aliphatic carbocycles. The predicted molar refractivity (Wildman–Crippen MR) is 75.1 cm³/mol. The number of hydrogen-bond acceptors (Lipinski definition) is 5. The predicted octanol–water partition coefficient (Wildman–Crippen LogP) is 2.38. The third kappa shape index (κ3) is 3.42. The van der Waals surface area contributed by atoms with Crippen LogP contribution in [0, 0.1) is 0 Å². The van der Waals surface area contributed by atoms with Crippen LogP contribution < -0.4 is 14.2 Å². The van der Waals surface area contributed by atoms with Crippen LogP contribution in [-0.2, 0) is 6.61 Å². The third-order valence-corrected chi connectivity index (χ3v) is 2.83. The van der Waals surface area contributed by atoms with E-state index in [9.17, 15) is 4.79 Å². The van der Waals surface area contributed by atoms with Crippen LogP contribution in [0.2, 0.25) is 0 Å². The van der Waals surface area contributed by atoms with E-state index < -0.39 is 5.97 Å². The molecule has 21 heavy (non-hydrogen) atoms. The van der Waals surface area contributed by atoms with E-state index in [4.69, 9.17) is 19.3 Å². The summed E-state index contributed by atoms with van der Waals surface area (Å²) in [5.41, 5.74) is 0.840. The van der Waals surface area contributed by atoms with Gasteiger partial charge in [-0.3, -0.25) is 0 Å². The maximum atomic E-state index is 11.1. The molecule has 2 rings (SSSR count). The van der Waals surface area contributed by atoms with Crippen molar-refractivity contribution in [2.75, 3.05) is 14.2 Å². The molecule has 0 unspecified atom stereocenters. The second-order valence-electron chi connectivity index (χ2n) is 4.14. The molecule has 2 aromatic rings. The molecular weight excluding hydrogens is 274 g/mol. The Kier molecular flexibility index (Phi) is 4.61. The molecule has 0 fully saturated rings. The van der Waals surface area contributed by atoms with Gasteiger partial charge >= 0.3 is 5.97 Å². The molecule has 1 N–H and O–H groups in total. The fourth-order valence-corrected chi connectivity index (χ4v) is 1.79. The molecule has 0 aliphatic rings. The average molecular weight is 289 g/mol. The van der Waals surface area contributed by atoms with Gasteiger partial charge in [-0.2, -0.15) is 0 Å². The second kappa shape index (κ2) is 6.60. The minimum Gasteiger partial charge on any atom is -0.493 e. The number of carboxylic acid groups (broad SMARTS) is 1. The molecular formula is C15H15NO5. The Hall–Kier alpha value is -2.76. The number of methoxy groups -OCH3 is 2. The molecule has 1 aromatic heterocycles. The number of carboxylic acids is 1. The number of rotatable bonds is 6. The Bertz CT molecular complexity index is 642. The lowest BCUT2D eigenvalue weighted by Crippen LogP contribution is -2.05. The Balaban J connectivity index is 2.15. The highest BCUT2D eigenvalue weighted by molar-refractivity contribution is 5.90. The van der Waals surface area contributed by atoms with Crippen LogP contribution in [0.4, 0.5) is 0 Å². The van der Waals surface area contributed by atoms with Gasteiger partial charge in [0.15, 0.2) is 11.5 Å². The summed E-state index contributed by atoms with van der Waals surface area (Å²) in [6.07, 6.45) is 1.48. The second-order valence-corrected chi connectivity index (χ2v) is 4.14. The molecule has 0 bridgehead atoms. The molecule has 6 nitrogen and oxygen atoms in total. The molecule has 1 heterocycles. The Labute approximate surface area is 121 Å². The van der Waals surface area contributed by atoms with Crippen molar-refractivity contribution in [2.24, 2.45) is 0 Å². The van der Waals surface area contributed by atoms with Crippen LogP contribution in [-0.4, -0.2) is 30.3 Å². The van der Waals surface area contributed by atoms with E-state index in [0.717, 1.165) is 5.56 Å². The number of carbonyl (C=O) groups is 1. The van der Waals surface area contributed by atoms with Crippen LogP contribution in [0.5, 0.6) is 17.4 Å². The summed E-state index contributed by atoms with van der Waals surface area (Å²) >= 11 is 0. The lowest BCUT2D eigenvalue weighted by Gasteiger charge is -2.11. The van der Waals surface area contributed by atoms with E-state index in [2.05, 4.69) is 4.98 Å². The van der Waals surface area contributed by atoms with Crippen LogP contribution in [0.25, 0.3) is 0 Å². The van der Waals surface area contributed by atoms with Crippen molar-refractivity contribution >= 4 is 5.97 Å². The summed E-state index contributed by atoms with van der Waals surface area (Å²) in [6.45, 7) is 0.178. The van der Waals surface area contributed by atoms with Crippen molar-refractivity contribution in [3.63, 3.8) is 0 Å². The van der Waals surface area contributed by atoms with E-state index in [1.807, 2.05) is 6.07 Å². The lowest BCUT2D eigenvalue weighted by atomic mass is 10.2. The largest absolute Gasteiger partial charge is 0.493 e. The zero-order valence-electron chi connectivity index (χ0n) is 11.7. The number of benzene rings is 1. The van der Waals surface area contributed by atoms with Crippen molar-refractivity contribution in [3.8, 4) is 17.4 Å². The summed E-state index contributed by atoms with van der Waals surface area (Å²) < 4.78 is 15.8. The molecule has 0 radical (unpaired) electrons. The molecule has 0 saturated carbocycles. The smallest absolute Gasteiger partial charge is 0.341 e. The van der Waals surface area contributed by atoms with Gasteiger partial charge in [-0.1, -0.05) is 6.07 Å². The van der Waals surface area contributed by atoms with Crippen molar-refractivity contribution < 1.29 is 24.1 Å². The van der Waals surface area contributed by atoms with Gasteiger partial charge in [-0.25, -0.2) is 9.78 Å². The summed E-state index contributed by atoms with van der Waals surface area (Å²) in [7, 11) is 3.10. The minimum atomic E-state index is -1.08. The van der Waals surface area contributed by atoms with Crippen LogP contribution in [0.1, 0.15) is 15.9 Å². The van der Waals surface area contributed by atoms with Crippen LogP contribution in [0.15, 0.2) is 36.5 Å². The van der Waals surface area contributed by atoms with Crippen LogP contribution in [0.3, 0.4) is 0 Å². The van der Waals surface area contributed by atoms with Gasteiger partial charge in [-0.15, -0.1) is 0 Å². The lowest BCUT2D eigenvalue weighted by molar-refractivity contribution is 0.0690. The summed E-state index contributed by atoms with van der Waals surface area (Å²) in [5, 5.41) is 9.06.